The van der Waals surface area contributed by atoms with Gasteiger partial charge in [-0.05, 0) is 24.6 Å². The van der Waals surface area contributed by atoms with Crippen molar-refractivity contribution in [3.05, 3.63) is 75.4 Å². The third kappa shape index (κ3) is 4.58. The largest absolute Gasteiger partial charge is 0.338 e. The number of carbonyl (C=O) groups is 1. The van der Waals surface area contributed by atoms with Crippen LogP contribution in [0.15, 0.2) is 47.0 Å². The molecule has 4 rings (SSSR count). The Morgan fingerprint density at radius 1 is 1.19 bits per heavy atom. The topological polar surface area (TPSA) is 106 Å². The van der Waals surface area contributed by atoms with Crippen molar-refractivity contribution in [2.75, 3.05) is 26.2 Å². The van der Waals surface area contributed by atoms with Crippen LogP contribution in [0.5, 0.6) is 0 Å². The minimum atomic E-state index is -0.476. The highest BCUT2D eigenvalue weighted by Gasteiger charge is 2.24. The molecule has 10 heteroatoms. The molecule has 0 aliphatic carbocycles. The maximum atomic E-state index is 13.8. The fraction of sp³-hybridized carbons (Fsp3) is 0.286. The Labute approximate surface area is 177 Å². The Bertz CT molecular complexity index is 1120. The van der Waals surface area contributed by atoms with E-state index in [0.717, 1.165) is 0 Å². The van der Waals surface area contributed by atoms with Crippen molar-refractivity contribution in [3.63, 3.8) is 0 Å². The van der Waals surface area contributed by atoms with Crippen molar-refractivity contribution in [2.24, 2.45) is 0 Å². The number of nitrogens with zero attached hydrogens (tertiary/aromatic N) is 5. The van der Waals surface area contributed by atoms with Crippen molar-refractivity contribution >= 4 is 11.6 Å². The van der Waals surface area contributed by atoms with Gasteiger partial charge >= 0.3 is 0 Å². The summed E-state index contributed by atoms with van der Waals surface area (Å²) in [5, 5.41) is 14.9. The van der Waals surface area contributed by atoms with E-state index in [9.17, 15) is 19.3 Å². The first-order valence-electron chi connectivity index (χ1n) is 9.76. The number of amides is 1. The van der Waals surface area contributed by atoms with Gasteiger partial charge in [0.25, 0.3) is 11.6 Å². The van der Waals surface area contributed by atoms with Crippen LogP contribution < -0.4 is 0 Å². The standard InChI is InChI=1S/C21H20FN5O4/c1-14-5-6-16(12-18(14)22)21(28)26-9-7-25(8-10-26)13-19-23-20(24-31-19)15-3-2-4-17(11-15)27(29)30/h2-6,11-12H,7-10,13H2,1H3. The summed E-state index contributed by atoms with van der Waals surface area (Å²) in [6.07, 6.45) is 0. The minimum Gasteiger partial charge on any atom is -0.338 e. The van der Waals surface area contributed by atoms with Gasteiger partial charge < -0.3 is 9.42 Å². The highest BCUT2D eigenvalue weighted by Crippen LogP contribution is 2.22. The van der Waals surface area contributed by atoms with Gasteiger partial charge in [0, 0.05) is 49.4 Å². The van der Waals surface area contributed by atoms with Crippen LogP contribution >= 0.6 is 0 Å². The number of benzene rings is 2. The van der Waals surface area contributed by atoms with E-state index in [1.165, 1.54) is 18.2 Å². The van der Waals surface area contributed by atoms with E-state index >= 15 is 0 Å². The molecule has 1 fully saturated rings. The SMILES string of the molecule is Cc1ccc(C(=O)N2CCN(Cc3nc(-c4cccc([N+](=O)[O-])c4)no3)CC2)cc1F. The van der Waals surface area contributed by atoms with Gasteiger partial charge in [0.2, 0.25) is 11.7 Å². The lowest BCUT2D eigenvalue weighted by atomic mass is 10.1. The smallest absolute Gasteiger partial charge is 0.270 e. The fourth-order valence-corrected chi connectivity index (χ4v) is 3.40. The van der Waals surface area contributed by atoms with Crippen LogP contribution in [-0.4, -0.2) is 56.9 Å². The molecule has 1 aliphatic rings. The van der Waals surface area contributed by atoms with Gasteiger partial charge in [0.1, 0.15) is 5.82 Å². The molecule has 0 atom stereocenters. The number of halogens is 1. The van der Waals surface area contributed by atoms with Crippen LogP contribution in [0.3, 0.4) is 0 Å². The fourth-order valence-electron chi connectivity index (χ4n) is 3.40. The number of carbonyl (C=O) groups excluding carboxylic acids is 1. The Kier molecular flexibility index (Phi) is 5.72. The van der Waals surface area contributed by atoms with Crippen molar-refractivity contribution < 1.29 is 18.6 Å². The number of non-ortho nitro benzene ring substituents is 1. The molecule has 9 nitrogen and oxygen atoms in total. The zero-order valence-electron chi connectivity index (χ0n) is 16.8. The molecule has 0 radical (unpaired) electrons. The van der Waals surface area contributed by atoms with Gasteiger partial charge in [-0.1, -0.05) is 23.4 Å². The number of hydrogen-bond donors (Lipinski definition) is 0. The second kappa shape index (κ2) is 8.60. The Morgan fingerprint density at radius 3 is 2.68 bits per heavy atom. The maximum absolute atomic E-state index is 13.8. The van der Waals surface area contributed by atoms with Gasteiger partial charge in [-0.25, -0.2) is 4.39 Å². The van der Waals surface area contributed by atoms with E-state index in [1.54, 1.807) is 36.1 Å². The molecule has 31 heavy (non-hydrogen) atoms. The molecular formula is C21H20FN5O4. The van der Waals surface area contributed by atoms with Gasteiger partial charge in [-0.3, -0.25) is 19.8 Å². The normalized spacial score (nSPS) is 14.6. The van der Waals surface area contributed by atoms with Crippen molar-refractivity contribution in [3.8, 4) is 11.4 Å². The van der Waals surface area contributed by atoms with E-state index in [4.69, 9.17) is 4.52 Å². The summed E-state index contributed by atoms with van der Waals surface area (Å²) in [6, 6.07) is 10.6. The van der Waals surface area contributed by atoms with Crippen LogP contribution in [0.2, 0.25) is 0 Å². The number of piperazine rings is 1. The maximum Gasteiger partial charge on any atom is 0.270 e. The molecule has 2 heterocycles. The predicted octanol–water partition coefficient (Wildman–Crippen LogP) is 3.05. The summed E-state index contributed by atoms with van der Waals surface area (Å²) >= 11 is 0. The summed E-state index contributed by atoms with van der Waals surface area (Å²) in [5.41, 5.74) is 1.31. The summed E-state index contributed by atoms with van der Waals surface area (Å²) < 4.78 is 19.1. The van der Waals surface area contributed by atoms with E-state index in [-0.39, 0.29) is 23.2 Å². The van der Waals surface area contributed by atoms with E-state index in [1.807, 2.05) is 0 Å². The van der Waals surface area contributed by atoms with Crippen molar-refractivity contribution in [1.82, 2.24) is 19.9 Å². The molecule has 0 saturated carbocycles. The van der Waals surface area contributed by atoms with Gasteiger partial charge in [-0.2, -0.15) is 4.98 Å². The molecule has 3 aromatic rings. The van der Waals surface area contributed by atoms with Gasteiger partial charge in [0.05, 0.1) is 11.5 Å². The predicted molar refractivity (Wildman–Crippen MR) is 109 cm³/mol. The lowest BCUT2D eigenvalue weighted by Crippen LogP contribution is -2.48. The summed E-state index contributed by atoms with van der Waals surface area (Å²) in [7, 11) is 0. The van der Waals surface area contributed by atoms with Crippen LogP contribution in [0.25, 0.3) is 11.4 Å². The molecule has 0 bridgehead atoms. The Balaban J connectivity index is 1.35. The summed E-state index contributed by atoms with van der Waals surface area (Å²) in [6.45, 7) is 4.27. The number of hydrogen-bond acceptors (Lipinski definition) is 7. The number of rotatable bonds is 5. The van der Waals surface area contributed by atoms with Crippen molar-refractivity contribution in [2.45, 2.75) is 13.5 Å². The van der Waals surface area contributed by atoms with Crippen LogP contribution in [0.1, 0.15) is 21.8 Å². The second-order valence-corrected chi connectivity index (χ2v) is 7.35. The minimum absolute atomic E-state index is 0.0434. The molecule has 1 saturated heterocycles. The Morgan fingerprint density at radius 2 is 1.97 bits per heavy atom. The summed E-state index contributed by atoms with van der Waals surface area (Å²) in [4.78, 5) is 31.2. The third-order valence-electron chi connectivity index (χ3n) is 5.22. The molecule has 2 aromatic carbocycles. The number of aromatic nitrogens is 2. The lowest BCUT2D eigenvalue weighted by Gasteiger charge is -2.34. The average Bonchev–Trinajstić information content (AvgIpc) is 3.24. The first-order chi connectivity index (χ1) is 14.9. The highest BCUT2D eigenvalue weighted by atomic mass is 19.1. The van der Waals surface area contributed by atoms with Crippen LogP contribution in [-0.2, 0) is 6.54 Å². The summed E-state index contributed by atoms with van der Waals surface area (Å²) in [5.74, 6) is 0.0977. The lowest BCUT2D eigenvalue weighted by molar-refractivity contribution is -0.384. The zero-order chi connectivity index (χ0) is 22.0. The molecule has 0 unspecified atom stereocenters. The molecular weight excluding hydrogens is 405 g/mol. The first-order valence-corrected chi connectivity index (χ1v) is 9.76. The molecule has 0 spiro atoms. The third-order valence-corrected chi connectivity index (χ3v) is 5.22. The highest BCUT2D eigenvalue weighted by molar-refractivity contribution is 5.94. The van der Waals surface area contributed by atoms with Gasteiger partial charge in [0.15, 0.2) is 0 Å². The molecule has 1 aromatic heterocycles. The monoisotopic (exact) mass is 425 g/mol. The number of aryl methyl sites for hydroxylation is 1. The van der Waals surface area contributed by atoms with Crippen LogP contribution in [0.4, 0.5) is 10.1 Å². The second-order valence-electron chi connectivity index (χ2n) is 7.35. The molecule has 0 N–H and O–H groups in total. The Hall–Kier alpha value is -3.66. The molecule has 1 amide bonds. The number of nitro groups is 1. The van der Waals surface area contributed by atoms with E-state index in [2.05, 4.69) is 15.0 Å². The average molecular weight is 425 g/mol. The first kappa shape index (κ1) is 20.6. The van der Waals surface area contributed by atoms with Crippen molar-refractivity contribution in [1.29, 1.82) is 0 Å². The number of nitro benzene ring substituents is 1. The zero-order valence-corrected chi connectivity index (χ0v) is 16.8. The van der Waals surface area contributed by atoms with Gasteiger partial charge in [-0.15, -0.1) is 0 Å². The molecule has 1 aliphatic heterocycles. The quantitative estimate of drug-likeness (QED) is 0.457. The van der Waals surface area contributed by atoms with E-state index < -0.39 is 4.92 Å². The van der Waals surface area contributed by atoms with E-state index in [0.29, 0.717) is 55.3 Å². The van der Waals surface area contributed by atoms with Crippen LogP contribution in [0, 0.1) is 22.9 Å². The molecule has 160 valence electrons.